The lowest BCUT2D eigenvalue weighted by Crippen LogP contribution is -2.41. The summed E-state index contributed by atoms with van der Waals surface area (Å²) in [5.74, 6) is 0.840. The van der Waals surface area contributed by atoms with Gasteiger partial charge in [-0.1, -0.05) is 17.9 Å². The molecular formula is C9H18N6. The molecule has 2 N–H and O–H groups in total. The summed E-state index contributed by atoms with van der Waals surface area (Å²) in [5, 5.41) is 11.6. The van der Waals surface area contributed by atoms with Crippen LogP contribution in [-0.4, -0.2) is 39.3 Å². The number of rotatable bonds is 2. The van der Waals surface area contributed by atoms with Crippen molar-refractivity contribution in [3.05, 3.63) is 0 Å². The molecule has 0 aliphatic carbocycles. The zero-order chi connectivity index (χ0) is 10.7. The molecular weight excluding hydrogens is 192 g/mol. The molecule has 0 spiro atoms. The zero-order valence-electron chi connectivity index (χ0n) is 9.13. The van der Waals surface area contributed by atoms with E-state index in [9.17, 15) is 0 Å². The van der Waals surface area contributed by atoms with Crippen molar-refractivity contribution < 1.29 is 0 Å². The van der Waals surface area contributed by atoms with Gasteiger partial charge in [0.15, 0.2) is 0 Å². The monoisotopic (exact) mass is 210 g/mol. The van der Waals surface area contributed by atoms with Crippen LogP contribution in [0.5, 0.6) is 0 Å². The van der Waals surface area contributed by atoms with Gasteiger partial charge < -0.3 is 10.6 Å². The molecule has 0 aromatic carbocycles. The van der Waals surface area contributed by atoms with Gasteiger partial charge in [-0.15, -0.1) is 0 Å². The Bertz CT molecular complexity index is 309. The van der Waals surface area contributed by atoms with E-state index in [2.05, 4.69) is 20.4 Å². The van der Waals surface area contributed by atoms with E-state index in [-0.39, 0.29) is 0 Å². The molecule has 84 valence electrons. The summed E-state index contributed by atoms with van der Waals surface area (Å²) >= 11 is 0. The van der Waals surface area contributed by atoms with E-state index in [0.717, 1.165) is 18.9 Å². The third-order valence-electron chi connectivity index (χ3n) is 3.00. The molecule has 15 heavy (non-hydrogen) atoms. The van der Waals surface area contributed by atoms with Crippen LogP contribution < -0.4 is 10.6 Å². The Morgan fingerprint density at radius 1 is 1.40 bits per heavy atom. The molecule has 0 saturated carbocycles. The van der Waals surface area contributed by atoms with Crippen LogP contribution in [-0.2, 0) is 7.05 Å². The molecule has 1 atom stereocenters. The minimum absolute atomic E-state index is 0.386. The number of tetrazole rings is 1. The van der Waals surface area contributed by atoms with Gasteiger partial charge in [-0.3, -0.25) is 0 Å². The highest BCUT2D eigenvalue weighted by atomic mass is 15.6. The Hall–Kier alpha value is -1.17. The Labute approximate surface area is 89.4 Å². The van der Waals surface area contributed by atoms with Crippen molar-refractivity contribution >= 4 is 5.95 Å². The van der Waals surface area contributed by atoms with Crippen LogP contribution in [0.2, 0.25) is 0 Å². The number of hydrogen-bond acceptors (Lipinski definition) is 5. The van der Waals surface area contributed by atoms with Crippen molar-refractivity contribution in [1.29, 1.82) is 0 Å². The van der Waals surface area contributed by atoms with Crippen molar-refractivity contribution in [1.82, 2.24) is 20.2 Å². The molecule has 0 amide bonds. The van der Waals surface area contributed by atoms with Gasteiger partial charge in [0, 0.05) is 26.2 Å². The fraction of sp³-hybridized carbons (Fsp3) is 0.889. The average Bonchev–Trinajstić information content (AvgIpc) is 2.54. The van der Waals surface area contributed by atoms with Gasteiger partial charge in [-0.25, -0.2) is 4.68 Å². The quantitative estimate of drug-likeness (QED) is 0.739. The SMILES string of the molecule is Cn1nnnc1N1CCCCCC1CN. The minimum atomic E-state index is 0.386. The molecule has 1 aromatic heterocycles. The molecule has 6 heteroatoms. The smallest absolute Gasteiger partial charge is 0.245 e. The first-order chi connectivity index (χ1) is 7.33. The first-order valence-electron chi connectivity index (χ1n) is 5.52. The first-order valence-corrected chi connectivity index (χ1v) is 5.52. The predicted octanol–water partition coefficient (Wildman–Crippen LogP) is -0.0822. The predicted molar refractivity (Wildman–Crippen MR) is 57.5 cm³/mol. The van der Waals surface area contributed by atoms with Crippen LogP contribution in [0.4, 0.5) is 5.95 Å². The van der Waals surface area contributed by atoms with Gasteiger partial charge >= 0.3 is 0 Å². The highest BCUT2D eigenvalue weighted by molar-refractivity contribution is 5.30. The number of anilines is 1. The summed E-state index contributed by atoms with van der Waals surface area (Å²) in [7, 11) is 1.87. The molecule has 1 saturated heterocycles. The van der Waals surface area contributed by atoms with Gasteiger partial charge in [0.05, 0.1) is 0 Å². The molecule has 1 fully saturated rings. The van der Waals surface area contributed by atoms with Crippen molar-refractivity contribution in [2.75, 3.05) is 18.0 Å². The molecule has 1 unspecified atom stereocenters. The number of aryl methyl sites for hydroxylation is 1. The van der Waals surface area contributed by atoms with Crippen molar-refractivity contribution in [3.8, 4) is 0 Å². The maximum absolute atomic E-state index is 5.80. The molecule has 1 aliphatic heterocycles. The summed E-state index contributed by atoms with van der Waals surface area (Å²) in [5.41, 5.74) is 5.80. The third-order valence-corrected chi connectivity index (χ3v) is 3.00. The van der Waals surface area contributed by atoms with Crippen LogP contribution in [0.15, 0.2) is 0 Å². The lowest BCUT2D eigenvalue weighted by molar-refractivity contribution is 0.558. The van der Waals surface area contributed by atoms with E-state index in [1.165, 1.54) is 19.3 Å². The summed E-state index contributed by atoms with van der Waals surface area (Å²) in [6.07, 6.45) is 4.87. The second-order valence-corrected chi connectivity index (χ2v) is 4.03. The van der Waals surface area contributed by atoms with Crippen molar-refractivity contribution in [2.45, 2.75) is 31.7 Å². The molecule has 1 aromatic rings. The molecule has 0 bridgehead atoms. The van der Waals surface area contributed by atoms with E-state index >= 15 is 0 Å². The average molecular weight is 210 g/mol. The lowest BCUT2D eigenvalue weighted by Gasteiger charge is -2.28. The van der Waals surface area contributed by atoms with E-state index in [1.807, 2.05) is 7.05 Å². The molecule has 2 rings (SSSR count). The summed E-state index contributed by atoms with van der Waals surface area (Å²) in [6, 6.07) is 0.386. The van der Waals surface area contributed by atoms with Crippen molar-refractivity contribution in [3.63, 3.8) is 0 Å². The number of nitrogens with two attached hydrogens (primary N) is 1. The first kappa shape index (κ1) is 10.4. The van der Waals surface area contributed by atoms with E-state index in [4.69, 9.17) is 5.73 Å². The Morgan fingerprint density at radius 2 is 2.27 bits per heavy atom. The standard InChI is InChI=1S/C9H18N6/c1-14-9(11-12-13-14)15-6-4-2-3-5-8(15)7-10/h8H,2-7,10H2,1H3. The number of nitrogens with zero attached hydrogens (tertiary/aromatic N) is 5. The summed E-state index contributed by atoms with van der Waals surface area (Å²) < 4.78 is 1.72. The topological polar surface area (TPSA) is 72.9 Å². The van der Waals surface area contributed by atoms with Crippen molar-refractivity contribution in [2.24, 2.45) is 12.8 Å². The maximum Gasteiger partial charge on any atom is 0.245 e. The van der Waals surface area contributed by atoms with Gasteiger partial charge in [0.1, 0.15) is 0 Å². The molecule has 1 aliphatic rings. The van der Waals surface area contributed by atoms with E-state index < -0.39 is 0 Å². The van der Waals surface area contributed by atoms with Crippen LogP contribution in [0.25, 0.3) is 0 Å². The number of aromatic nitrogens is 4. The van der Waals surface area contributed by atoms with Crippen LogP contribution >= 0.6 is 0 Å². The Kier molecular flexibility index (Phi) is 3.15. The lowest BCUT2D eigenvalue weighted by atomic mass is 10.1. The normalized spacial score (nSPS) is 22.8. The van der Waals surface area contributed by atoms with Gasteiger partial charge in [0.25, 0.3) is 0 Å². The second-order valence-electron chi connectivity index (χ2n) is 4.03. The fourth-order valence-electron chi connectivity index (χ4n) is 2.15. The Morgan fingerprint density at radius 3 is 2.93 bits per heavy atom. The van der Waals surface area contributed by atoms with Gasteiger partial charge in [-0.05, 0) is 23.3 Å². The fourth-order valence-corrected chi connectivity index (χ4v) is 2.15. The molecule has 2 heterocycles. The van der Waals surface area contributed by atoms with E-state index in [0.29, 0.717) is 12.6 Å². The van der Waals surface area contributed by atoms with Crippen LogP contribution in [0.1, 0.15) is 25.7 Å². The highest BCUT2D eigenvalue weighted by Gasteiger charge is 2.23. The Balaban J connectivity index is 2.20. The maximum atomic E-state index is 5.80. The third kappa shape index (κ3) is 2.09. The number of hydrogen-bond donors (Lipinski definition) is 1. The largest absolute Gasteiger partial charge is 0.335 e. The highest BCUT2D eigenvalue weighted by Crippen LogP contribution is 2.20. The van der Waals surface area contributed by atoms with Gasteiger partial charge in [-0.2, -0.15) is 0 Å². The van der Waals surface area contributed by atoms with E-state index in [1.54, 1.807) is 4.68 Å². The summed E-state index contributed by atoms with van der Waals surface area (Å²) in [4.78, 5) is 2.24. The second kappa shape index (κ2) is 4.57. The molecule has 0 radical (unpaired) electrons. The zero-order valence-corrected chi connectivity index (χ0v) is 9.13. The van der Waals surface area contributed by atoms with Crippen LogP contribution in [0.3, 0.4) is 0 Å². The summed E-state index contributed by atoms with van der Waals surface area (Å²) in [6.45, 7) is 1.68. The molecule has 6 nitrogen and oxygen atoms in total. The minimum Gasteiger partial charge on any atom is -0.335 e. The van der Waals surface area contributed by atoms with Crippen LogP contribution in [0, 0.1) is 0 Å². The van der Waals surface area contributed by atoms with Gasteiger partial charge in [0.2, 0.25) is 5.95 Å².